The van der Waals surface area contributed by atoms with Crippen molar-refractivity contribution in [2.75, 3.05) is 25.1 Å². The zero-order chi connectivity index (χ0) is 12.4. The number of hydrogen-bond donors (Lipinski definition) is 2. The minimum absolute atomic E-state index is 0.0808. The highest BCUT2D eigenvalue weighted by Crippen LogP contribution is 2.24. The third-order valence-electron chi connectivity index (χ3n) is 2.95. The molecule has 0 atom stereocenters. The molecule has 1 fully saturated rings. The average molecular weight is 235 g/mol. The molecule has 1 aliphatic rings. The lowest BCUT2D eigenvalue weighted by molar-refractivity contribution is -0.146. The summed E-state index contributed by atoms with van der Waals surface area (Å²) in [6, 6.07) is 6.98. The number of anilines is 1. The van der Waals surface area contributed by atoms with Crippen molar-refractivity contribution in [3.63, 3.8) is 0 Å². The molecule has 1 saturated heterocycles. The van der Waals surface area contributed by atoms with Crippen molar-refractivity contribution < 1.29 is 19.6 Å². The number of esters is 1. The van der Waals surface area contributed by atoms with E-state index in [2.05, 4.69) is 4.74 Å². The summed E-state index contributed by atoms with van der Waals surface area (Å²) in [6.45, 7) is 1.22. The van der Waals surface area contributed by atoms with Gasteiger partial charge in [-0.1, -0.05) is 12.1 Å². The Morgan fingerprint density at radius 3 is 2.76 bits per heavy atom. The average Bonchev–Trinajstić information content (AvgIpc) is 2.27. The minimum Gasteiger partial charge on any atom is -0.469 e. The molecule has 1 aromatic rings. The van der Waals surface area contributed by atoms with Gasteiger partial charge in [-0.25, -0.2) is 0 Å². The number of nitrogens with zero attached hydrogens (tertiary/aromatic N) is 1. The van der Waals surface area contributed by atoms with Crippen LogP contribution in [-0.2, 0) is 9.53 Å². The first kappa shape index (κ1) is 11.9. The van der Waals surface area contributed by atoms with E-state index in [1.54, 1.807) is 18.2 Å². The molecule has 90 valence electrons. The van der Waals surface area contributed by atoms with Crippen LogP contribution in [0.5, 0.6) is 0 Å². The highest BCUT2D eigenvalue weighted by Gasteiger charge is 2.33. The number of rotatable bonds is 3. The van der Waals surface area contributed by atoms with Crippen molar-refractivity contribution in [3.05, 3.63) is 24.3 Å². The van der Waals surface area contributed by atoms with Gasteiger partial charge in [0.2, 0.25) is 0 Å². The maximum Gasteiger partial charge on any atom is 0.488 e. The Balaban J connectivity index is 2.01. The fourth-order valence-electron chi connectivity index (χ4n) is 1.89. The van der Waals surface area contributed by atoms with E-state index in [0.29, 0.717) is 18.6 Å². The van der Waals surface area contributed by atoms with Crippen molar-refractivity contribution in [1.29, 1.82) is 0 Å². The van der Waals surface area contributed by atoms with Gasteiger partial charge in [-0.3, -0.25) is 4.79 Å². The fraction of sp³-hybridized carbons (Fsp3) is 0.364. The summed E-state index contributed by atoms with van der Waals surface area (Å²) in [7, 11) is -0.0825. The summed E-state index contributed by atoms with van der Waals surface area (Å²) in [6.07, 6.45) is 0. The van der Waals surface area contributed by atoms with Crippen LogP contribution in [0.2, 0.25) is 0 Å². The summed E-state index contributed by atoms with van der Waals surface area (Å²) in [5.41, 5.74) is 1.33. The van der Waals surface area contributed by atoms with E-state index in [4.69, 9.17) is 10.0 Å². The van der Waals surface area contributed by atoms with Crippen molar-refractivity contribution in [2.45, 2.75) is 0 Å². The molecular weight excluding hydrogens is 221 g/mol. The van der Waals surface area contributed by atoms with Crippen LogP contribution in [0.15, 0.2) is 24.3 Å². The Kier molecular flexibility index (Phi) is 3.35. The predicted octanol–water partition coefficient (Wildman–Crippen LogP) is -1.02. The normalized spacial score (nSPS) is 15.4. The molecule has 0 unspecified atom stereocenters. The van der Waals surface area contributed by atoms with Gasteiger partial charge < -0.3 is 19.7 Å². The lowest BCUT2D eigenvalue weighted by atomic mass is 9.80. The van der Waals surface area contributed by atoms with Gasteiger partial charge in [0.15, 0.2) is 0 Å². The molecule has 2 rings (SSSR count). The van der Waals surface area contributed by atoms with Gasteiger partial charge in [-0.15, -0.1) is 0 Å². The second kappa shape index (κ2) is 4.77. The Morgan fingerprint density at radius 2 is 2.18 bits per heavy atom. The topological polar surface area (TPSA) is 70.0 Å². The molecule has 17 heavy (non-hydrogen) atoms. The predicted molar refractivity (Wildman–Crippen MR) is 64.0 cm³/mol. The molecule has 5 nitrogen and oxygen atoms in total. The van der Waals surface area contributed by atoms with E-state index in [9.17, 15) is 4.79 Å². The first-order chi connectivity index (χ1) is 8.11. The molecule has 1 aromatic carbocycles. The summed E-state index contributed by atoms with van der Waals surface area (Å²) in [5, 5.41) is 18.1. The second-order valence-corrected chi connectivity index (χ2v) is 4.09. The molecule has 0 aliphatic carbocycles. The highest BCUT2D eigenvalue weighted by atomic mass is 16.5. The fourth-order valence-corrected chi connectivity index (χ4v) is 1.89. The number of methoxy groups -OCH3 is 1. The Morgan fingerprint density at radius 1 is 1.47 bits per heavy atom. The van der Waals surface area contributed by atoms with Crippen LogP contribution in [0.1, 0.15) is 0 Å². The van der Waals surface area contributed by atoms with Gasteiger partial charge in [-0.2, -0.15) is 0 Å². The van der Waals surface area contributed by atoms with Gasteiger partial charge in [0.1, 0.15) is 0 Å². The van der Waals surface area contributed by atoms with E-state index < -0.39 is 7.12 Å². The quantitative estimate of drug-likeness (QED) is 0.518. The summed E-state index contributed by atoms with van der Waals surface area (Å²) in [4.78, 5) is 13.2. The Hall–Kier alpha value is -1.53. The molecular formula is C11H14BNO4. The summed E-state index contributed by atoms with van der Waals surface area (Å²) >= 11 is 0. The first-order valence-corrected chi connectivity index (χ1v) is 5.40. The highest BCUT2D eigenvalue weighted by molar-refractivity contribution is 6.58. The van der Waals surface area contributed by atoms with E-state index >= 15 is 0 Å². The van der Waals surface area contributed by atoms with E-state index in [-0.39, 0.29) is 11.9 Å². The molecule has 0 radical (unpaired) electrons. The maximum atomic E-state index is 11.2. The first-order valence-electron chi connectivity index (χ1n) is 5.40. The van der Waals surface area contributed by atoms with E-state index in [1.807, 2.05) is 11.0 Å². The van der Waals surface area contributed by atoms with Crippen LogP contribution in [0, 0.1) is 5.92 Å². The van der Waals surface area contributed by atoms with E-state index in [0.717, 1.165) is 5.69 Å². The van der Waals surface area contributed by atoms with Crippen LogP contribution >= 0.6 is 0 Å². The molecule has 0 saturated carbocycles. The van der Waals surface area contributed by atoms with Crippen molar-refractivity contribution in [1.82, 2.24) is 0 Å². The van der Waals surface area contributed by atoms with Crippen LogP contribution in [0.25, 0.3) is 0 Å². The number of benzene rings is 1. The van der Waals surface area contributed by atoms with Gasteiger partial charge >= 0.3 is 13.1 Å². The van der Waals surface area contributed by atoms with Crippen molar-refractivity contribution in [3.8, 4) is 0 Å². The van der Waals surface area contributed by atoms with Crippen LogP contribution in [0.3, 0.4) is 0 Å². The van der Waals surface area contributed by atoms with Gasteiger partial charge in [-0.05, 0) is 17.6 Å². The third-order valence-corrected chi connectivity index (χ3v) is 2.95. The maximum absolute atomic E-state index is 11.2. The van der Waals surface area contributed by atoms with Crippen LogP contribution in [-0.4, -0.2) is 43.3 Å². The molecule has 2 N–H and O–H groups in total. The molecule has 0 bridgehead atoms. The minimum atomic E-state index is -1.47. The van der Waals surface area contributed by atoms with E-state index in [1.165, 1.54) is 7.11 Å². The number of carbonyl (C=O) groups is 1. The molecule has 0 amide bonds. The molecule has 0 aromatic heterocycles. The standard InChI is InChI=1S/C11H14BNO4/c1-17-11(14)8-6-13(7-8)10-4-2-3-9(5-10)12(15)16/h2-5,8,15-16H,6-7H2,1H3. The number of hydrogen-bond acceptors (Lipinski definition) is 5. The molecule has 1 heterocycles. The monoisotopic (exact) mass is 235 g/mol. The zero-order valence-electron chi connectivity index (χ0n) is 9.54. The zero-order valence-corrected chi connectivity index (χ0v) is 9.54. The molecule has 1 aliphatic heterocycles. The second-order valence-electron chi connectivity index (χ2n) is 4.09. The molecule has 0 spiro atoms. The Labute approximate surface area is 99.8 Å². The van der Waals surface area contributed by atoms with Crippen LogP contribution < -0.4 is 10.4 Å². The van der Waals surface area contributed by atoms with Gasteiger partial charge in [0, 0.05) is 18.8 Å². The summed E-state index contributed by atoms with van der Waals surface area (Å²) in [5.74, 6) is -0.276. The lowest BCUT2D eigenvalue weighted by Crippen LogP contribution is -2.51. The Bertz CT molecular complexity index is 418. The summed E-state index contributed by atoms with van der Waals surface area (Å²) < 4.78 is 4.65. The van der Waals surface area contributed by atoms with Crippen LogP contribution in [0.4, 0.5) is 5.69 Å². The van der Waals surface area contributed by atoms with Gasteiger partial charge in [0.05, 0.1) is 13.0 Å². The van der Waals surface area contributed by atoms with Crippen molar-refractivity contribution in [2.24, 2.45) is 5.92 Å². The SMILES string of the molecule is COC(=O)C1CN(c2cccc(B(O)O)c2)C1. The smallest absolute Gasteiger partial charge is 0.469 e. The lowest BCUT2D eigenvalue weighted by Gasteiger charge is -2.39. The van der Waals surface area contributed by atoms with Gasteiger partial charge in [0.25, 0.3) is 0 Å². The molecule has 6 heteroatoms. The van der Waals surface area contributed by atoms with Crippen molar-refractivity contribution >= 4 is 24.2 Å². The third kappa shape index (κ3) is 2.43. The number of carbonyl (C=O) groups excluding carboxylic acids is 1. The largest absolute Gasteiger partial charge is 0.488 e. The number of ether oxygens (including phenoxy) is 1.